The lowest BCUT2D eigenvalue weighted by Gasteiger charge is -2.25. The zero-order chi connectivity index (χ0) is 19.2. The highest BCUT2D eigenvalue weighted by molar-refractivity contribution is 5.69. The molecule has 4 nitrogen and oxygen atoms in total. The third kappa shape index (κ3) is 5.45. The number of fused-ring (bicyclic) bond motifs is 1. The zero-order valence-electron chi connectivity index (χ0n) is 16.7. The van der Waals surface area contributed by atoms with E-state index in [9.17, 15) is 15.0 Å². The number of ether oxygens (including phenoxy) is 1. The molecule has 0 saturated heterocycles. The van der Waals surface area contributed by atoms with Crippen molar-refractivity contribution < 1.29 is 19.7 Å². The van der Waals surface area contributed by atoms with Gasteiger partial charge in [0.2, 0.25) is 0 Å². The van der Waals surface area contributed by atoms with Crippen LogP contribution in [0, 0.1) is 23.7 Å². The summed E-state index contributed by atoms with van der Waals surface area (Å²) in [7, 11) is 1.43. The lowest BCUT2D eigenvalue weighted by atomic mass is 9.84. The molecule has 3 aliphatic carbocycles. The Kier molecular flexibility index (Phi) is 7.54. The predicted molar refractivity (Wildman–Crippen MR) is 106 cm³/mol. The molecule has 27 heavy (non-hydrogen) atoms. The first-order valence-corrected chi connectivity index (χ1v) is 10.9. The Labute approximate surface area is 163 Å². The maximum Gasteiger partial charge on any atom is 0.305 e. The third-order valence-electron chi connectivity index (χ3n) is 7.02. The number of hydrogen-bond donors (Lipinski definition) is 2. The van der Waals surface area contributed by atoms with Crippen LogP contribution in [0.3, 0.4) is 0 Å². The molecule has 2 N–H and O–H groups in total. The molecule has 0 radical (unpaired) electrons. The van der Waals surface area contributed by atoms with Crippen LogP contribution in [0.15, 0.2) is 23.8 Å². The molecule has 3 saturated carbocycles. The van der Waals surface area contributed by atoms with E-state index in [1.165, 1.54) is 31.9 Å². The summed E-state index contributed by atoms with van der Waals surface area (Å²) in [4.78, 5) is 11.2. The van der Waals surface area contributed by atoms with Crippen molar-refractivity contribution in [2.75, 3.05) is 7.11 Å². The van der Waals surface area contributed by atoms with Gasteiger partial charge in [0.05, 0.1) is 19.3 Å². The van der Waals surface area contributed by atoms with Crippen LogP contribution >= 0.6 is 0 Å². The van der Waals surface area contributed by atoms with Crippen molar-refractivity contribution in [1.29, 1.82) is 0 Å². The van der Waals surface area contributed by atoms with Crippen LogP contribution in [0.2, 0.25) is 0 Å². The average Bonchev–Trinajstić information content (AvgIpc) is 3.20. The monoisotopic (exact) mass is 376 g/mol. The van der Waals surface area contributed by atoms with E-state index >= 15 is 0 Å². The van der Waals surface area contributed by atoms with Crippen molar-refractivity contribution in [3.63, 3.8) is 0 Å². The van der Waals surface area contributed by atoms with Gasteiger partial charge < -0.3 is 14.9 Å². The highest BCUT2D eigenvalue weighted by atomic mass is 16.5. The van der Waals surface area contributed by atoms with Gasteiger partial charge in [-0.3, -0.25) is 4.79 Å². The molecule has 0 unspecified atom stereocenters. The number of hydrogen-bond acceptors (Lipinski definition) is 4. The van der Waals surface area contributed by atoms with Crippen LogP contribution in [-0.2, 0) is 9.53 Å². The third-order valence-corrected chi connectivity index (χ3v) is 7.02. The van der Waals surface area contributed by atoms with Crippen LogP contribution in [0.1, 0.15) is 70.6 Å². The first-order valence-electron chi connectivity index (χ1n) is 10.9. The fourth-order valence-corrected chi connectivity index (χ4v) is 5.47. The molecular formula is C23H36O4. The van der Waals surface area contributed by atoms with Gasteiger partial charge in [-0.2, -0.15) is 0 Å². The minimum Gasteiger partial charge on any atom is -0.469 e. The van der Waals surface area contributed by atoms with Crippen molar-refractivity contribution in [2.24, 2.45) is 23.7 Å². The molecule has 152 valence electrons. The quantitative estimate of drug-likeness (QED) is 0.398. The molecule has 0 aromatic carbocycles. The van der Waals surface area contributed by atoms with Gasteiger partial charge in [-0.25, -0.2) is 0 Å². The average molecular weight is 377 g/mol. The Balaban J connectivity index is 1.50. The number of rotatable bonds is 7. The minimum absolute atomic E-state index is 0.137. The summed E-state index contributed by atoms with van der Waals surface area (Å²) in [6.07, 6.45) is 17.0. The topological polar surface area (TPSA) is 66.8 Å². The minimum atomic E-state index is -0.355. The molecule has 4 heteroatoms. The van der Waals surface area contributed by atoms with E-state index in [1.807, 2.05) is 6.08 Å². The van der Waals surface area contributed by atoms with Gasteiger partial charge >= 0.3 is 5.97 Å². The summed E-state index contributed by atoms with van der Waals surface area (Å²) in [5, 5.41) is 21.0. The van der Waals surface area contributed by atoms with E-state index in [0.717, 1.165) is 44.9 Å². The zero-order valence-corrected chi connectivity index (χ0v) is 16.7. The predicted octanol–water partition coefficient (Wildman–Crippen LogP) is 4.16. The second kappa shape index (κ2) is 9.88. The van der Waals surface area contributed by atoms with Crippen LogP contribution in [0.4, 0.5) is 0 Å². The number of carbonyl (C=O) groups is 1. The molecule has 0 bridgehead atoms. The maximum absolute atomic E-state index is 11.2. The summed E-state index contributed by atoms with van der Waals surface area (Å²) < 4.78 is 4.68. The molecule has 0 amide bonds. The molecule has 0 aliphatic heterocycles. The molecule has 5 atom stereocenters. The number of unbranched alkanes of at least 4 members (excludes halogenated alkanes) is 1. The first kappa shape index (κ1) is 20.6. The Morgan fingerprint density at radius 3 is 2.78 bits per heavy atom. The molecule has 0 heterocycles. The van der Waals surface area contributed by atoms with Crippen LogP contribution in [0.5, 0.6) is 0 Å². The van der Waals surface area contributed by atoms with E-state index in [4.69, 9.17) is 0 Å². The Morgan fingerprint density at radius 2 is 2.04 bits per heavy atom. The van der Waals surface area contributed by atoms with Gasteiger partial charge in [0, 0.05) is 12.3 Å². The number of carbonyl (C=O) groups excluding carboxylic acids is 1. The van der Waals surface area contributed by atoms with Gasteiger partial charge in [-0.1, -0.05) is 43.1 Å². The number of esters is 1. The molecule has 0 spiro atoms. The van der Waals surface area contributed by atoms with Crippen molar-refractivity contribution in [3.05, 3.63) is 23.8 Å². The van der Waals surface area contributed by atoms with Crippen LogP contribution in [0.25, 0.3) is 0 Å². The smallest absolute Gasteiger partial charge is 0.305 e. The number of aliphatic hydroxyl groups is 2. The molecule has 3 aliphatic rings. The van der Waals surface area contributed by atoms with Crippen molar-refractivity contribution in [3.8, 4) is 0 Å². The van der Waals surface area contributed by atoms with E-state index in [0.29, 0.717) is 24.2 Å². The standard InChI is InChI=1S/C23H36O4/c1-27-23(26)10-6-5-7-16-13-18-15-22(25)19(20(18)14-16)11-12-21(24)17-8-3-2-4-9-17/h7,11-12,17-22,24-25H,2-6,8-10,13-15H2,1H3/t18-,19-,20+,21+,22-/m1/s1. The lowest BCUT2D eigenvalue weighted by Crippen LogP contribution is -2.22. The lowest BCUT2D eigenvalue weighted by molar-refractivity contribution is -0.140. The molecule has 3 fully saturated rings. The van der Waals surface area contributed by atoms with Gasteiger partial charge in [0.25, 0.3) is 0 Å². The highest BCUT2D eigenvalue weighted by Gasteiger charge is 2.45. The Morgan fingerprint density at radius 1 is 1.26 bits per heavy atom. The van der Waals surface area contributed by atoms with Crippen molar-refractivity contribution >= 4 is 5.97 Å². The summed E-state index contributed by atoms with van der Waals surface area (Å²) >= 11 is 0. The summed E-state index contributed by atoms with van der Waals surface area (Å²) in [6, 6.07) is 0. The van der Waals surface area contributed by atoms with E-state index in [-0.39, 0.29) is 24.1 Å². The largest absolute Gasteiger partial charge is 0.469 e. The fraction of sp³-hybridized carbons (Fsp3) is 0.783. The molecular weight excluding hydrogens is 340 g/mol. The molecule has 0 aromatic heterocycles. The Bertz CT molecular complexity index is 547. The summed E-state index contributed by atoms with van der Waals surface area (Å²) in [5.74, 6) is 1.50. The maximum atomic E-state index is 11.2. The van der Waals surface area contributed by atoms with Gasteiger partial charge in [-0.05, 0) is 62.7 Å². The fourth-order valence-electron chi connectivity index (χ4n) is 5.47. The van der Waals surface area contributed by atoms with Gasteiger partial charge in [0.1, 0.15) is 0 Å². The second-order valence-electron chi connectivity index (χ2n) is 8.82. The number of methoxy groups -OCH3 is 1. The normalized spacial score (nSPS) is 34.3. The van der Waals surface area contributed by atoms with E-state index in [2.05, 4.69) is 16.9 Å². The van der Waals surface area contributed by atoms with E-state index in [1.54, 1.807) is 0 Å². The van der Waals surface area contributed by atoms with Crippen molar-refractivity contribution in [2.45, 2.75) is 82.8 Å². The molecule has 3 rings (SSSR count). The van der Waals surface area contributed by atoms with Crippen molar-refractivity contribution in [1.82, 2.24) is 0 Å². The summed E-state index contributed by atoms with van der Waals surface area (Å²) in [6.45, 7) is 0. The Hall–Kier alpha value is -1.13. The second-order valence-corrected chi connectivity index (χ2v) is 8.82. The number of allylic oxidation sites excluding steroid dienone is 2. The van der Waals surface area contributed by atoms with E-state index < -0.39 is 0 Å². The highest BCUT2D eigenvalue weighted by Crippen LogP contribution is 2.50. The number of aliphatic hydroxyl groups excluding tert-OH is 2. The SMILES string of the molecule is COC(=O)CCCC=C1C[C@@H]2C[C@@H](O)[C@H](C=C[C@H](O)C3CCCCC3)[C@H]2C1. The van der Waals surface area contributed by atoms with Crippen LogP contribution < -0.4 is 0 Å². The van der Waals surface area contributed by atoms with Crippen LogP contribution in [-0.4, -0.2) is 35.5 Å². The first-order chi connectivity index (χ1) is 13.1. The molecule has 0 aromatic rings. The summed E-state index contributed by atoms with van der Waals surface area (Å²) in [5.41, 5.74) is 1.48. The van der Waals surface area contributed by atoms with Gasteiger partial charge in [-0.15, -0.1) is 0 Å². The van der Waals surface area contributed by atoms with Gasteiger partial charge in [0.15, 0.2) is 0 Å².